The third-order valence-electron chi connectivity index (χ3n) is 3.54. The average Bonchev–Trinajstić information content (AvgIpc) is 2.29. The molecule has 0 aliphatic heterocycles. The lowest BCUT2D eigenvalue weighted by atomic mass is 9.87. The van der Waals surface area contributed by atoms with Gasteiger partial charge in [0.2, 0.25) is 0 Å². The lowest BCUT2D eigenvalue weighted by Gasteiger charge is -2.35. The Morgan fingerprint density at radius 3 is 2.42 bits per heavy atom. The minimum absolute atomic E-state index is 0.00824. The van der Waals surface area contributed by atoms with Crippen molar-refractivity contribution in [2.75, 3.05) is 13.6 Å². The lowest BCUT2D eigenvalue weighted by Crippen LogP contribution is -2.42. The van der Waals surface area contributed by atoms with Crippen molar-refractivity contribution in [1.82, 2.24) is 4.90 Å². The number of likely N-dealkylation sites (N-methyl/N-ethyl adjacent to an activating group) is 1. The first kappa shape index (κ1) is 16.5. The van der Waals surface area contributed by atoms with E-state index in [0.29, 0.717) is 22.2 Å². The summed E-state index contributed by atoms with van der Waals surface area (Å²) < 4.78 is 0. The van der Waals surface area contributed by atoms with Gasteiger partial charge in [-0.1, -0.05) is 44.0 Å². The summed E-state index contributed by atoms with van der Waals surface area (Å²) in [5, 5.41) is 0.977. The number of nitrogens with zero attached hydrogens (tertiary/aromatic N) is 1. The molecule has 2 nitrogen and oxygen atoms in total. The van der Waals surface area contributed by atoms with Crippen LogP contribution in [-0.4, -0.2) is 30.3 Å². The smallest absolute Gasteiger partial charge is 0.178 e. The fourth-order valence-corrected chi connectivity index (χ4v) is 2.22. The maximum atomic E-state index is 12.3. The summed E-state index contributed by atoms with van der Waals surface area (Å²) in [6.45, 7) is 8.92. The van der Waals surface area contributed by atoms with E-state index in [2.05, 4.69) is 27.7 Å². The molecule has 0 bridgehead atoms. The van der Waals surface area contributed by atoms with Gasteiger partial charge in [-0.2, -0.15) is 0 Å². The molecule has 0 aromatic heterocycles. The number of hydrogen-bond acceptors (Lipinski definition) is 2. The third-order valence-corrected chi connectivity index (χ3v) is 4.10. The average molecular weight is 302 g/mol. The number of hydrogen-bond donors (Lipinski definition) is 0. The van der Waals surface area contributed by atoms with Crippen LogP contribution in [0.2, 0.25) is 10.0 Å². The second kappa shape index (κ2) is 6.25. The summed E-state index contributed by atoms with van der Waals surface area (Å²) in [5.41, 5.74) is 0.606. The predicted molar refractivity (Wildman–Crippen MR) is 82.3 cm³/mol. The van der Waals surface area contributed by atoms with E-state index in [4.69, 9.17) is 23.2 Å². The van der Waals surface area contributed by atoms with Crippen LogP contribution >= 0.6 is 23.2 Å². The minimum atomic E-state index is -0.00824. The highest BCUT2D eigenvalue weighted by atomic mass is 35.5. The molecule has 0 N–H and O–H groups in total. The van der Waals surface area contributed by atoms with Crippen LogP contribution in [0.1, 0.15) is 38.1 Å². The number of ketones is 1. The van der Waals surface area contributed by atoms with Gasteiger partial charge in [0, 0.05) is 16.6 Å². The molecule has 0 saturated heterocycles. The lowest BCUT2D eigenvalue weighted by molar-refractivity contribution is 0.0854. The molecule has 0 fully saturated rings. The molecule has 1 unspecified atom stereocenters. The van der Waals surface area contributed by atoms with Crippen molar-refractivity contribution in [3.8, 4) is 0 Å². The largest absolute Gasteiger partial charge is 0.296 e. The van der Waals surface area contributed by atoms with E-state index in [1.54, 1.807) is 18.2 Å². The van der Waals surface area contributed by atoms with Crippen LogP contribution in [0.3, 0.4) is 0 Å². The van der Waals surface area contributed by atoms with Gasteiger partial charge in [-0.25, -0.2) is 0 Å². The SMILES string of the molecule is CC(N(C)CC(=O)c1cc(Cl)ccc1Cl)C(C)(C)C. The van der Waals surface area contributed by atoms with Gasteiger partial charge in [0.25, 0.3) is 0 Å². The van der Waals surface area contributed by atoms with Crippen molar-refractivity contribution in [1.29, 1.82) is 0 Å². The summed E-state index contributed by atoms with van der Waals surface area (Å²) in [6.07, 6.45) is 0. The Morgan fingerprint density at radius 1 is 1.32 bits per heavy atom. The van der Waals surface area contributed by atoms with Gasteiger partial charge in [0.05, 0.1) is 11.6 Å². The van der Waals surface area contributed by atoms with E-state index in [1.165, 1.54) is 0 Å². The number of benzene rings is 1. The van der Waals surface area contributed by atoms with E-state index < -0.39 is 0 Å². The fourth-order valence-electron chi connectivity index (χ4n) is 1.82. The Hall–Kier alpha value is -0.570. The maximum Gasteiger partial charge on any atom is 0.178 e. The Kier molecular flexibility index (Phi) is 5.43. The molecule has 0 saturated carbocycles. The van der Waals surface area contributed by atoms with E-state index in [-0.39, 0.29) is 17.2 Å². The number of carbonyl (C=O) groups is 1. The molecule has 1 atom stereocenters. The Morgan fingerprint density at radius 2 is 1.89 bits per heavy atom. The van der Waals surface area contributed by atoms with Crippen molar-refractivity contribution in [3.63, 3.8) is 0 Å². The zero-order chi connectivity index (χ0) is 14.8. The summed E-state index contributed by atoms with van der Waals surface area (Å²) in [6, 6.07) is 5.25. The molecule has 0 radical (unpaired) electrons. The van der Waals surface area contributed by atoms with Crippen LogP contribution in [0.25, 0.3) is 0 Å². The van der Waals surface area contributed by atoms with Gasteiger partial charge in [-0.3, -0.25) is 9.69 Å². The van der Waals surface area contributed by atoms with Gasteiger partial charge in [-0.15, -0.1) is 0 Å². The van der Waals surface area contributed by atoms with Crippen LogP contribution < -0.4 is 0 Å². The number of rotatable bonds is 4. The molecular formula is C15H21Cl2NO. The Labute approximate surface area is 125 Å². The van der Waals surface area contributed by atoms with Crippen molar-refractivity contribution < 1.29 is 4.79 Å². The molecule has 0 heterocycles. The topological polar surface area (TPSA) is 20.3 Å². The van der Waals surface area contributed by atoms with Gasteiger partial charge in [0.1, 0.15) is 0 Å². The summed E-state index contributed by atoms with van der Waals surface area (Å²) in [7, 11) is 1.95. The highest BCUT2D eigenvalue weighted by Crippen LogP contribution is 2.25. The van der Waals surface area contributed by atoms with Gasteiger partial charge < -0.3 is 0 Å². The van der Waals surface area contributed by atoms with Crippen LogP contribution in [0.4, 0.5) is 0 Å². The van der Waals surface area contributed by atoms with Crippen molar-refractivity contribution >= 4 is 29.0 Å². The molecule has 0 spiro atoms. The van der Waals surface area contributed by atoms with Gasteiger partial charge in [0.15, 0.2) is 5.78 Å². The summed E-state index contributed by atoms with van der Waals surface area (Å²) >= 11 is 12.0. The van der Waals surface area contributed by atoms with Crippen molar-refractivity contribution in [2.45, 2.75) is 33.7 Å². The first-order valence-corrected chi connectivity index (χ1v) is 7.07. The molecular weight excluding hydrogens is 281 g/mol. The monoisotopic (exact) mass is 301 g/mol. The Bertz CT molecular complexity index is 466. The molecule has 4 heteroatoms. The summed E-state index contributed by atoms with van der Waals surface area (Å²) in [5.74, 6) is -0.00824. The normalized spacial score (nSPS) is 13.7. The standard InChI is InChI=1S/C15H21Cl2NO/c1-10(15(2,3)4)18(5)9-14(19)12-8-11(16)6-7-13(12)17/h6-8,10H,9H2,1-5H3. The molecule has 106 valence electrons. The van der Waals surface area contributed by atoms with E-state index in [0.717, 1.165) is 0 Å². The van der Waals surface area contributed by atoms with Crippen LogP contribution in [-0.2, 0) is 0 Å². The third kappa shape index (κ3) is 4.48. The molecule has 1 aromatic rings. The van der Waals surface area contributed by atoms with E-state index in [1.807, 2.05) is 11.9 Å². The Balaban J connectivity index is 2.83. The molecule has 0 aliphatic rings. The maximum absolute atomic E-state index is 12.3. The van der Waals surface area contributed by atoms with Gasteiger partial charge in [-0.05, 0) is 37.6 Å². The minimum Gasteiger partial charge on any atom is -0.296 e. The molecule has 0 amide bonds. The summed E-state index contributed by atoms with van der Waals surface area (Å²) in [4.78, 5) is 14.3. The first-order chi connectivity index (χ1) is 8.62. The molecule has 1 aromatic carbocycles. The highest BCUT2D eigenvalue weighted by Gasteiger charge is 2.25. The quantitative estimate of drug-likeness (QED) is 0.761. The molecule has 0 aliphatic carbocycles. The van der Waals surface area contributed by atoms with E-state index in [9.17, 15) is 4.79 Å². The van der Waals surface area contributed by atoms with Crippen molar-refractivity contribution in [2.24, 2.45) is 5.41 Å². The number of Topliss-reactive ketones (excluding diaryl/α,β-unsaturated/α-hetero) is 1. The predicted octanol–water partition coefficient (Wildman–Crippen LogP) is 4.54. The second-order valence-electron chi connectivity index (χ2n) is 6.00. The first-order valence-electron chi connectivity index (χ1n) is 6.31. The number of carbonyl (C=O) groups excluding carboxylic acids is 1. The van der Waals surface area contributed by atoms with Crippen LogP contribution in [0.5, 0.6) is 0 Å². The van der Waals surface area contributed by atoms with E-state index >= 15 is 0 Å². The number of halogens is 2. The van der Waals surface area contributed by atoms with Crippen LogP contribution in [0.15, 0.2) is 18.2 Å². The van der Waals surface area contributed by atoms with Crippen molar-refractivity contribution in [3.05, 3.63) is 33.8 Å². The van der Waals surface area contributed by atoms with Gasteiger partial charge >= 0.3 is 0 Å². The zero-order valence-electron chi connectivity index (χ0n) is 12.1. The molecule has 1 rings (SSSR count). The highest BCUT2D eigenvalue weighted by molar-refractivity contribution is 6.36. The second-order valence-corrected chi connectivity index (χ2v) is 6.85. The zero-order valence-corrected chi connectivity index (χ0v) is 13.6. The van der Waals surface area contributed by atoms with Crippen LogP contribution in [0, 0.1) is 5.41 Å². The fraction of sp³-hybridized carbons (Fsp3) is 0.533. The molecule has 19 heavy (non-hydrogen) atoms.